The number of amides is 4. The zero-order chi connectivity index (χ0) is 43.0. The van der Waals surface area contributed by atoms with Crippen molar-refractivity contribution in [1.29, 1.82) is 0 Å². The number of hydrogen-bond acceptors (Lipinski definition) is 12. The Hall–Kier alpha value is -6.68. The number of rotatable bonds is 10. The van der Waals surface area contributed by atoms with Gasteiger partial charge in [-0.1, -0.05) is 38.1 Å². The van der Waals surface area contributed by atoms with Crippen molar-refractivity contribution < 1.29 is 18.9 Å². The van der Waals surface area contributed by atoms with Crippen molar-refractivity contribution >= 4 is 46.1 Å². The first kappa shape index (κ1) is 40.7. The Bertz CT molecular complexity index is 2580. The van der Waals surface area contributed by atoms with Gasteiger partial charge in [-0.05, 0) is 85.3 Å². The number of aromatic amines is 1. The fourth-order valence-corrected chi connectivity index (χ4v) is 8.49. The van der Waals surface area contributed by atoms with E-state index >= 15 is 0 Å². The Morgan fingerprint density at radius 2 is 1.58 bits per heavy atom. The highest BCUT2D eigenvalue weighted by molar-refractivity contribution is 6.05. The molecule has 0 atom stereocenters. The lowest BCUT2D eigenvalue weighted by atomic mass is 9.95. The molecule has 3 N–H and O–H groups in total. The van der Waals surface area contributed by atoms with Gasteiger partial charge in [-0.3, -0.25) is 29.8 Å². The molecule has 3 aliphatic rings. The van der Waals surface area contributed by atoms with Gasteiger partial charge in [0.15, 0.2) is 5.65 Å². The molecular weight excluding hydrogens is 785 g/mol. The number of hydrogen-bond donors (Lipinski definition) is 3. The summed E-state index contributed by atoms with van der Waals surface area (Å²) in [6.45, 7) is 15.7. The Kier molecular flexibility index (Phi) is 11.2. The van der Waals surface area contributed by atoms with Gasteiger partial charge in [-0.2, -0.15) is 10.1 Å². The lowest BCUT2D eigenvalue weighted by Gasteiger charge is -2.39. The molecule has 16 nitrogen and oxygen atoms in total. The highest BCUT2D eigenvalue weighted by atomic mass is 16.5. The predicted octanol–water partition coefficient (Wildman–Crippen LogP) is 6.09. The van der Waals surface area contributed by atoms with Crippen LogP contribution in [0, 0.1) is 12.8 Å². The summed E-state index contributed by atoms with van der Waals surface area (Å²) in [5.41, 5.74) is 8.04. The van der Waals surface area contributed by atoms with E-state index in [4.69, 9.17) is 14.5 Å². The van der Waals surface area contributed by atoms with E-state index in [1.165, 1.54) is 5.69 Å². The van der Waals surface area contributed by atoms with Crippen LogP contribution < -0.4 is 25.3 Å². The van der Waals surface area contributed by atoms with E-state index in [0.717, 1.165) is 109 Å². The van der Waals surface area contributed by atoms with E-state index in [9.17, 15) is 14.4 Å². The number of H-pyrrole nitrogens is 1. The number of urea groups is 1. The summed E-state index contributed by atoms with van der Waals surface area (Å²) >= 11 is 0. The lowest BCUT2D eigenvalue weighted by molar-refractivity contribution is -0.120. The van der Waals surface area contributed by atoms with Crippen LogP contribution in [0.5, 0.6) is 0 Å². The standard InChI is InChI=1S/C46H52N12O4/c1-29-23-31(5-6-32(29)25-49-43(60)42-51-44(62-54-42)46(2,3)4)40-37-24-34(27-48-41(37)53-52-40)33-7-12-38(47-26-33)57-21-19-55(20-22-57)28-30-13-16-56(17-14-30)35-8-10-36(11-9-35)58-18-15-39(59)50-45(58)61/h5-12,23-24,26-27,30H,13-22,25,28H2,1-4H3,(H,49,60)(H,48,52,53)(H,50,59,61). The molecule has 0 bridgehead atoms. The van der Waals surface area contributed by atoms with Crippen molar-refractivity contribution in [1.82, 2.24) is 45.8 Å². The first-order valence-corrected chi connectivity index (χ1v) is 21.4. The summed E-state index contributed by atoms with van der Waals surface area (Å²) in [7, 11) is 0. The molecular formula is C46H52N12O4. The van der Waals surface area contributed by atoms with E-state index in [1.807, 2.05) is 64.4 Å². The van der Waals surface area contributed by atoms with Crippen LogP contribution in [-0.2, 0) is 16.8 Å². The van der Waals surface area contributed by atoms with Crippen molar-refractivity contribution in [2.75, 3.05) is 67.1 Å². The van der Waals surface area contributed by atoms with Crippen molar-refractivity contribution in [3.63, 3.8) is 0 Å². The predicted molar refractivity (Wildman–Crippen MR) is 237 cm³/mol. The smallest absolute Gasteiger partial charge is 0.328 e. The summed E-state index contributed by atoms with van der Waals surface area (Å²) < 4.78 is 5.28. The third-order valence-corrected chi connectivity index (χ3v) is 12.2. The molecule has 7 heterocycles. The number of carbonyl (C=O) groups excluding carboxylic acids is 3. The van der Waals surface area contributed by atoms with Gasteiger partial charge in [0, 0.05) is 117 Å². The SMILES string of the molecule is Cc1cc(-c2n[nH]c3ncc(-c4ccc(N5CCN(CC6CCN(c7ccc(N8CCC(=O)NC8=O)cc7)CC6)CC5)nc4)cc23)ccc1CNC(=O)c1noc(C(C)(C)C)n1. The second-order valence-electron chi connectivity index (χ2n) is 17.6. The Morgan fingerprint density at radius 3 is 2.27 bits per heavy atom. The van der Waals surface area contributed by atoms with Crippen molar-refractivity contribution in [2.45, 2.75) is 58.9 Å². The van der Waals surface area contributed by atoms with Crippen molar-refractivity contribution in [3.8, 4) is 22.4 Å². The Balaban J connectivity index is 0.759. The molecule has 4 amide bonds. The second-order valence-corrected chi connectivity index (χ2v) is 17.6. The van der Waals surface area contributed by atoms with Gasteiger partial charge in [-0.15, -0.1) is 0 Å². The normalized spacial score (nSPS) is 16.9. The minimum atomic E-state index is -0.385. The summed E-state index contributed by atoms with van der Waals surface area (Å²) in [5.74, 6) is 1.49. The van der Waals surface area contributed by atoms with E-state index < -0.39 is 0 Å². The van der Waals surface area contributed by atoms with E-state index in [-0.39, 0.29) is 29.1 Å². The van der Waals surface area contributed by atoms with E-state index in [0.29, 0.717) is 37.0 Å². The van der Waals surface area contributed by atoms with E-state index in [2.05, 4.69) is 82.1 Å². The van der Waals surface area contributed by atoms with Gasteiger partial charge < -0.3 is 19.6 Å². The first-order valence-electron chi connectivity index (χ1n) is 21.4. The van der Waals surface area contributed by atoms with Crippen LogP contribution in [0.3, 0.4) is 0 Å². The minimum absolute atomic E-state index is 0.0222. The largest absolute Gasteiger partial charge is 0.372 e. The number of aryl methyl sites for hydroxylation is 1. The molecule has 320 valence electrons. The van der Waals surface area contributed by atoms with Gasteiger partial charge in [0.25, 0.3) is 11.7 Å². The molecule has 4 aromatic heterocycles. The molecule has 3 aliphatic heterocycles. The molecule has 3 saturated heterocycles. The molecule has 16 heteroatoms. The third kappa shape index (κ3) is 8.73. The molecule has 62 heavy (non-hydrogen) atoms. The maximum atomic E-state index is 12.7. The molecule has 0 unspecified atom stereocenters. The number of fused-ring (bicyclic) bond motifs is 1. The van der Waals surface area contributed by atoms with Crippen molar-refractivity contribution in [2.24, 2.45) is 5.92 Å². The average molecular weight is 837 g/mol. The van der Waals surface area contributed by atoms with Crippen molar-refractivity contribution in [3.05, 3.63) is 95.9 Å². The van der Waals surface area contributed by atoms with Crippen LogP contribution in [0.25, 0.3) is 33.4 Å². The van der Waals surface area contributed by atoms with Crippen LogP contribution >= 0.6 is 0 Å². The number of piperidine rings is 1. The average Bonchev–Trinajstić information content (AvgIpc) is 3.96. The molecule has 6 aromatic rings. The topological polar surface area (TPSA) is 182 Å². The number of imide groups is 1. The molecule has 3 fully saturated rings. The Labute approximate surface area is 360 Å². The highest BCUT2D eigenvalue weighted by Crippen LogP contribution is 2.32. The number of nitrogens with one attached hydrogen (secondary N) is 3. The van der Waals surface area contributed by atoms with Crippen LogP contribution in [0.15, 0.2) is 77.6 Å². The van der Waals surface area contributed by atoms with Gasteiger partial charge in [0.1, 0.15) is 11.5 Å². The number of carbonyl (C=O) groups is 3. The molecule has 2 aromatic carbocycles. The summed E-state index contributed by atoms with van der Waals surface area (Å²) in [5, 5.41) is 17.8. The second kappa shape index (κ2) is 17.0. The van der Waals surface area contributed by atoms with Gasteiger partial charge in [-0.25, -0.2) is 14.8 Å². The summed E-state index contributed by atoms with van der Waals surface area (Å²) in [4.78, 5) is 59.4. The van der Waals surface area contributed by atoms with Gasteiger partial charge in [0.2, 0.25) is 11.8 Å². The molecule has 0 aliphatic carbocycles. The number of anilines is 3. The number of pyridine rings is 2. The number of aromatic nitrogens is 6. The molecule has 0 saturated carbocycles. The fourth-order valence-electron chi connectivity index (χ4n) is 8.49. The Morgan fingerprint density at radius 1 is 0.839 bits per heavy atom. The molecule has 9 rings (SSSR count). The lowest BCUT2D eigenvalue weighted by Crippen LogP contribution is -2.49. The number of nitrogens with zero attached hydrogens (tertiary/aromatic N) is 9. The monoisotopic (exact) mass is 836 g/mol. The van der Waals surface area contributed by atoms with E-state index in [1.54, 1.807) is 4.90 Å². The first-order chi connectivity index (χ1) is 29.9. The maximum Gasteiger partial charge on any atom is 0.328 e. The summed E-state index contributed by atoms with van der Waals surface area (Å²) in [6, 6.07) is 20.2. The third-order valence-electron chi connectivity index (χ3n) is 12.2. The maximum absolute atomic E-state index is 12.7. The zero-order valence-corrected chi connectivity index (χ0v) is 35.6. The number of piperazine rings is 1. The fraction of sp³-hybridized carbons (Fsp3) is 0.391. The molecule has 0 radical (unpaired) electrons. The highest BCUT2D eigenvalue weighted by Gasteiger charge is 2.28. The van der Waals surface area contributed by atoms with Crippen LogP contribution in [0.2, 0.25) is 0 Å². The van der Waals surface area contributed by atoms with Crippen LogP contribution in [0.4, 0.5) is 22.0 Å². The zero-order valence-electron chi connectivity index (χ0n) is 35.6. The quantitative estimate of drug-likeness (QED) is 0.145. The number of benzene rings is 2. The minimum Gasteiger partial charge on any atom is -0.372 e. The summed E-state index contributed by atoms with van der Waals surface area (Å²) in [6.07, 6.45) is 6.41. The van der Waals surface area contributed by atoms with Gasteiger partial charge >= 0.3 is 6.03 Å². The van der Waals surface area contributed by atoms with Crippen LogP contribution in [-0.4, -0.2) is 105 Å². The molecule has 0 spiro atoms. The van der Waals surface area contributed by atoms with Crippen LogP contribution in [0.1, 0.15) is 67.7 Å². The van der Waals surface area contributed by atoms with Gasteiger partial charge in [0.05, 0.1) is 0 Å².